The average molecular weight is 318 g/mol. The standard InChI is InChI=1S/C21H37Si/c1-17(16-18-14-12-11-13-15-18)22(19(2,3)4,20(5,6)7)21(8,9)10/h11-15H,16H2,1-10H3. The second-order valence-electron chi connectivity index (χ2n) is 9.94. The van der Waals surface area contributed by atoms with Crippen LogP contribution < -0.4 is 0 Å². The molecule has 0 saturated carbocycles. The van der Waals surface area contributed by atoms with E-state index in [-0.39, 0.29) is 0 Å². The third-order valence-electron chi connectivity index (χ3n) is 5.33. The Morgan fingerprint density at radius 1 is 0.727 bits per heavy atom. The summed E-state index contributed by atoms with van der Waals surface area (Å²) in [5, 5.41) is 1.01. The lowest BCUT2D eigenvalue weighted by Crippen LogP contribution is -2.62. The zero-order valence-corrected chi connectivity index (χ0v) is 17.6. The van der Waals surface area contributed by atoms with Crippen LogP contribution in [0.2, 0.25) is 15.1 Å². The Balaban J connectivity index is 3.43. The topological polar surface area (TPSA) is 0 Å². The van der Waals surface area contributed by atoms with E-state index in [4.69, 9.17) is 0 Å². The van der Waals surface area contributed by atoms with Gasteiger partial charge in [-0.05, 0) is 32.6 Å². The van der Waals surface area contributed by atoms with Gasteiger partial charge in [0, 0.05) is 0 Å². The van der Waals surface area contributed by atoms with Crippen molar-refractivity contribution in [3.63, 3.8) is 0 Å². The summed E-state index contributed by atoms with van der Waals surface area (Å²) in [5.41, 5.74) is 3.20. The molecular formula is C21H37Si. The summed E-state index contributed by atoms with van der Waals surface area (Å²) in [4.78, 5) is 0. The number of benzene rings is 1. The van der Waals surface area contributed by atoms with Crippen LogP contribution in [0.25, 0.3) is 0 Å². The van der Waals surface area contributed by atoms with E-state index in [0.29, 0.717) is 15.1 Å². The van der Waals surface area contributed by atoms with Crippen molar-refractivity contribution in [2.24, 2.45) is 0 Å². The molecule has 0 N–H and O–H groups in total. The number of rotatable bonds is 3. The number of hydrogen-bond acceptors (Lipinski definition) is 0. The van der Waals surface area contributed by atoms with Crippen molar-refractivity contribution in [3.8, 4) is 0 Å². The van der Waals surface area contributed by atoms with E-state index in [1.807, 2.05) is 0 Å². The van der Waals surface area contributed by atoms with Crippen LogP contribution in [0.1, 0.15) is 74.8 Å². The maximum absolute atomic E-state index is 2.48. The fourth-order valence-electron chi connectivity index (χ4n) is 6.33. The Hall–Kier alpha value is -0.563. The Labute approximate surface area is 140 Å². The van der Waals surface area contributed by atoms with Crippen LogP contribution in [0.3, 0.4) is 0 Å². The fourth-order valence-corrected chi connectivity index (χ4v) is 17.4. The first-order valence-corrected chi connectivity index (χ1v) is 10.6. The van der Waals surface area contributed by atoms with Crippen LogP contribution in [0.5, 0.6) is 0 Å². The van der Waals surface area contributed by atoms with E-state index >= 15 is 0 Å². The molecular weight excluding hydrogens is 280 g/mol. The van der Waals surface area contributed by atoms with Gasteiger partial charge in [0.05, 0.1) is 8.07 Å². The van der Waals surface area contributed by atoms with Gasteiger partial charge >= 0.3 is 0 Å². The van der Waals surface area contributed by atoms with Gasteiger partial charge in [0.1, 0.15) is 0 Å². The highest BCUT2D eigenvalue weighted by Gasteiger charge is 2.61. The predicted molar refractivity (Wildman–Crippen MR) is 104 cm³/mol. The second kappa shape index (κ2) is 6.15. The summed E-state index contributed by atoms with van der Waals surface area (Å²) in [6.07, 6.45) is 1.12. The van der Waals surface area contributed by atoms with E-state index in [2.05, 4.69) is 99.6 Å². The molecule has 1 rings (SSSR count). The van der Waals surface area contributed by atoms with Crippen LogP contribution in [0, 0.1) is 5.54 Å². The van der Waals surface area contributed by atoms with Crippen LogP contribution in [-0.4, -0.2) is 8.07 Å². The SMILES string of the molecule is C[C](Cc1ccccc1)[Si](C(C)(C)C)(C(C)(C)C)C(C)(C)C. The molecule has 0 atom stereocenters. The molecule has 0 nitrogen and oxygen atoms in total. The molecule has 1 aromatic carbocycles. The van der Waals surface area contributed by atoms with Crippen LogP contribution >= 0.6 is 0 Å². The van der Waals surface area contributed by atoms with Crippen molar-refractivity contribution >= 4 is 8.07 Å². The Kier molecular flexibility index (Phi) is 5.45. The lowest BCUT2D eigenvalue weighted by molar-refractivity contribution is 0.526. The van der Waals surface area contributed by atoms with Crippen molar-refractivity contribution in [2.45, 2.75) is 90.8 Å². The predicted octanol–water partition coefficient (Wildman–Crippen LogP) is 7.21. The molecule has 1 heteroatoms. The summed E-state index contributed by atoms with van der Waals surface area (Å²) in [6.45, 7) is 24.7. The van der Waals surface area contributed by atoms with Gasteiger partial charge in [0.15, 0.2) is 0 Å². The summed E-state index contributed by atoms with van der Waals surface area (Å²) in [5.74, 6) is 0. The van der Waals surface area contributed by atoms with Crippen molar-refractivity contribution < 1.29 is 0 Å². The Morgan fingerprint density at radius 2 is 1.09 bits per heavy atom. The first kappa shape index (κ1) is 19.5. The van der Waals surface area contributed by atoms with Gasteiger partial charge in [-0.1, -0.05) is 99.6 Å². The van der Waals surface area contributed by atoms with Gasteiger partial charge in [0.25, 0.3) is 0 Å². The molecule has 0 aliphatic heterocycles. The van der Waals surface area contributed by atoms with E-state index in [1.165, 1.54) is 5.56 Å². The molecule has 0 aliphatic rings. The lowest BCUT2D eigenvalue weighted by Gasteiger charge is -2.62. The van der Waals surface area contributed by atoms with Crippen LogP contribution in [0.15, 0.2) is 30.3 Å². The van der Waals surface area contributed by atoms with Gasteiger partial charge in [-0.15, -0.1) is 0 Å². The Morgan fingerprint density at radius 3 is 1.41 bits per heavy atom. The maximum Gasteiger partial charge on any atom is 0.0763 e. The lowest BCUT2D eigenvalue weighted by atomic mass is 10.1. The van der Waals surface area contributed by atoms with E-state index < -0.39 is 8.07 Å². The molecule has 0 heterocycles. The first-order valence-electron chi connectivity index (χ1n) is 8.62. The molecule has 0 aromatic heterocycles. The minimum Gasteiger partial charge on any atom is -0.0625 e. The third kappa shape index (κ3) is 3.35. The second-order valence-corrected chi connectivity index (χ2v) is 16.8. The summed E-state index contributed by atoms with van der Waals surface area (Å²) in [6, 6.07) is 11.0. The van der Waals surface area contributed by atoms with Gasteiger partial charge in [-0.25, -0.2) is 0 Å². The third-order valence-corrected chi connectivity index (χ3v) is 13.5. The molecule has 0 fully saturated rings. The molecule has 1 radical (unpaired) electrons. The van der Waals surface area contributed by atoms with Gasteiger partial charge < -0.3 is 0 Å². The fraction of sp³-hybridized carbons (Fsp3) is 0.667. The minimum atomic E-state index is -1.77. The quantitative estimate of drug-likeness (QED) is 0.516. The molecule has 22 heavy (non-hydrogen) atoms. The first-order chi connectivity index (χ1) is 9.75. The summed E-state index contributed by atoms with van der Waals surface area (Å²) in [7, 11) is -1.77. The molecule has 0 unspecified atom stereocenters. The van der Waals surface area contributed by atoms with Gasteiger partial charge in [0.2, 0.25) is 0 Å². The van der Waals surface area contributed by atoms with E-state index in [9.17, 15) is 0 Å². The van der Waals surface area contributed by atoms with Crippen LogP contribution in [-0.2, 0) is 6.42 Å². The van der Waals surface area contributed by atoms with Gasteiger partial charge in [-0.2, -0.15) is 0 Å². The number of hydrogen-bond donors (Lipinski definition) is 0. The zero-order chi connectivity index (χ0) is 17.4. The van der Waals surface area contributed by atoms with Gasteiger partial charge in [-0.3, -0.25) is 0 Å². The average Bonchev–Trinajstić information content (AvgIpc) is 2.24. The molecule has 0 bridgehead atoms. The maximum atomic E-state index is 2.48. The van der Waals surface area contributed by atoms with E-state index in [1.54, 1.807) is 5.54 Å². The van der Waals surface area contributed by atoms with Crippen molar-refractivity contribution in [1.82, 2.24) is 0 Å². The van der Waals surface area contributed by atoms with Crippen molar-refractivity contribution in [3.05, 3.63) is 41.4 Å². The highest BCUT2D eigenvalue weighted by molar-refractivity contribution is 6.92. The molecule has 125 valence electrons. The summed E-state index contributed by atoms with van der Waals surface area (Å²) < 4.78 is 0. The highest BCUT2D eigenvalue weighted by atomic mass is 28.3. The minimum absolute atomic E-state index is 0.336. The normalized spacial score (nSPS) is 14.5. The van der Waals surface area contributed by atoms with Crippen LogP contribution in [0.4, 0.5) is 0 Å². The molecule has 0 amide bonds. The summed E-state index contributed by atoms with van der Waals surface area (Å²) >= 11 is 0. The molecule has 0 spiro atoms. The van der Waals surface area contributed by atoms with E-state index in [0.717, 1.165) is 6.42 Å². The van der Waals surface area contributed by atoms with Crippen molar-refractivity contribution in [1.29, 1.82) is 0 Å². The Bertz CT molecular complexity index is 429. The largest absolute Gasteiger partial charge is 0.0763 e. The zero-order valence-electron chi connectivity index (χ0n) is 16.6. The monoisotopic (exact) mass is 317 g/mol. The van der Waals surface area contributed by atoms with Crippen molar-refractivity contribution in [2.75, 3.05) is 0 Å². The smallest absolute Gasteiger partial charge is 0.0625 e. The molecule has 0 aliphatic carbocycles. The molecule has 1 aromatic rings. The molecule has 0 saturated heterocycles. The highest BCUT2D eigenvalue weighted by Crippen LogP contribution is 2.65.